The average Bonchev–Trinajstić information content (AvgIpc) is 3.18. The Morgan fingerprint density at radius 3 is 2.85 bits per heavy atom. The van der Waals surface area contributed by atoms with Gasteiger partial charge in [-0.1, -0.05) is 20.8 Å². The molecular formula is C19H28N6S. The zero-order valence-electron chi connectivity index (χ0n) is 16.2. The van der Waals surface area contributed by atoms with Crippen molar-refractivity contribution in [2.75, 3.05) is 31.5 Å². The maximum Gasteiger partial charge on any atom is 0.227 e. The van der Waals surface area contributed by atoms with E-state index in [0.29, 0.717) is 0 Å². The van der Waals surface area contributed by atoms with Gasteiger partial charge in [0.15, 0.2) is 5.65 Å². The van der Waals surface area contributed by atoms with Crippen molar-refractivity contribution in [2.45, 2.75) is 47.0 Å². The molecule has 26 heavy (non-hydrogen) atoms. The quantitative estimate of drug-likeness (QED) is 0.717. The fourth-order valence-electron chi connectivity index (χ4n) is 3.90. The lowest BCUT2D eigenvalue weighted by Gasteiger charge is -2.18. The lowest BCUT2D eigenvalue weighted by Crippen LogP contribution is -2.29. The molecule has 3 aromatic heterocycles. The van der Waals surface area contributed by atoms with Crippen molar-refractivity contribution in [2.24, 2.45) is 5.92 Å². The number of fused-ring (bicyclic) bond motifs is 5. The van der Waals surface area contributed by atoms with E-state index in [4.69, 9.17) is 9.97 Å². The van der Waals surface area contributed by atoms with E-state index < -0.39 is 0 Å². The van der Waals surface area contributed by atoms with Crippen molar-refractivity contribution in [3.63, 3.8) is 0 Å². The Kier molecular flexibility index (Phi) is 4.84. The monoisotopic (exact) mass is 372 g/mol. The van der Waals surface area contributed by atoms with Gasteiger partial charge in [-0.25, -0.2) is 9.97 Å². The highest BCUT2D eigenvalue weighted by Crippen LogP contribution is 2.39. The van der Waals surface area contributed by atoms with E-state index in [2.05, 4.69) is 36.1 Å². The van der Waals surface area contributed by atoms with Gasteiger partial charge in [-0.3, -0.25) is 0 Å². The molecule has 0 saturated heterocycles. The Morgan fingerprint density at radius 2 is 2.08 bits per heavy atom. The lowest BCUT2D eigenvalue weighted by molar-refractivity contribution is 0.315. The second kappa shape index (κ2) is 7.12. The van der Waals surface area contributed by atoms with Crippen LogP contribution in [0, 0.1) is 12.8 Å². The van der Waals surface area contributed by atoms with Crippen LogP contribution in [0.5, 0.6) is 0 Å². The molecule has 3 aromatic rings. The van der Waals surface area contributed by atoms with Crippen LogP contribution in [0.15, 0.2) is 0 Å². The number of anilines is 1. The van der Waals surface area contributed by atoms with E-state index in [9.17, 15) is 0 Å². The number of rotatable bonds is 6. The number of thiophene rings is 1. The molecule has 0 aliphatic heterocycles. The molecule has 1 aliphatic carbocycles. The molecule has 0 aromatic carbocycles. The van der Waals surface area contributed by atoms with Crippen molar-refractivity contribution in [3.8, 4) is 0 Å². The highest BCUT2D eigenvalue weighted by atomic mass is 32.1. The third kappa shape index (κ3) is 3.07. The highest BCUT2D eigenvalue weighted by molar-refractivity contribution is 7.19. The fourth-order valence-corrected chi connectivity index (χ4v) is 5.11. The molecule has 0 bridgehead atoms. The van der Waals surface area contributed by atoms with Crippen LogP contribution in [0.2, 0.25) is 0 Å². The molecule has 0 unspecified atom stereocenters. The first-order chi connectivity index (χ1) is 12.6. The van der Waals surface area contributed by atoms with Gasteiger partial charge in [-0.15, -0.1) is 16.4 Å². The van der Waals surface area contributed by atoms with Crippen molar-refractivity contribution >= 4 is 33.1 Å². The zero-order valence-corrected chi connectivity index (χ0v) is 17.0. The van der Waals surface area contributed by atoms with Gasteiger partial charge in [-0.05, 0) is 50.8 Å². The summed E-state index contributed by atoms with van der Waals surface area (Å²) in [6.45, 7) is 12.7. The predicted molar refractivity (Wildman–Crippen MR) is 108 cm³/mol. The molecular weight excluding hydrogens is 344 g/mol. The average molecular weight is 373 g/mol. The maximum absolute atomic E-state index is 4.94. The minimum atomic E-state index is 0.733. The number of nitrogens with one attached hydrogen (secondary N) is 1. The van der Waals surface area contributed by atoms with Gasteiger partial charge in [-0.2, -0.15) is 4.52 Å². The first kappa shape index (κ1) is 17.7. The number of aryl methyl sites for hydroxylation is 2. The molecule has 1 N–H and O–H groups in total. The Balaban J connectivity index is 1.74. The minimum Gasteiger partial charge on any atom is -0.353 e. The van der Waals surface area contributed by atoms with Crippen LogP contribution < -0.4 is 5.32 Å². The lowest BCUT2D eigenvalue weighted by atomic mass is 9.89. The minimum absolute atomic E-state index is 0.733. The number of nitrogens with zero attached hydrogens (tertiary/aromatic N) is 5. The van der Waals surface area contributed by atoms with E-state index in [1.54, 1.807) is 0 Å². The normalized spacial score (nSPS) is 17.3. The van der Waals surface area contributed by atoms with Crippen molar-refractivity contribution in [1.82, 2.24) is 24.5 Å². The second-order valence-electron chi connectivity index (χ2n) is 7.32. The van der Waals surface area contributed by atoms with Crippen LogP contribution in [0.4, 0.5) is 5.95 Å². The Hall–Kier alpha value is -1.73. The SMILES string of the molecule is CCN(CC)CCNc1nc2sc3c(c2c2nc(C)nn12)C[C@H](C)CC3. The van der Waals surface area contributed by atoms with Gasteiger partial charge in [0.25, 0.3) is 0 Å². The summed E-state index contributed by atoms with van der Waals surface area (Å²) >= 11 is 1.85. The standard InChI is InChI=1S/C19H28N6S/c1-5-24(6-2)10-9-20-19-22-18-16(17-21-13(4)23-25(17)19)14-11-12(3)7-8-15(14)26-18/h12H,5-11H2,1-4H3,(H,20,22)/t12-/m1/s1. The molecule has 7 heteroatoms. The zero-order chi connectivity index (χ0) is 18.3. The number of hydrogen-bond acceptors (Lipinski definition) is 6. The van der Waals surface area contributed by atoms with Gasteiger partial charge >= 0.3 is 0 Å². The van der Waals surface area contributed by atoms with E-state index in [1.165, 1.54) is 28.7 Å². The van der Waals surface area contributed by atoms with Gasteiger partial charge in [0.2, 0.25) is 5.95 Å². The summed E-state index contributed by atoms with van der Waals surface area (Å²) < 4.78 is 1.91. The van der Waals surface area contributed by atoms with Crippen LogP contribution in [0.3, 0.4) is 0 Å². The molecule has 140 valence electrons. The van der Waals surface area contributed by atoms with E-state index in [-0.39, 0.29) is 0 Å². The first-order valence-electron chi connectivity index (χ1n) is 9.74. The van der Waals surface area contributed by atoms with Crippen molar-refractivity contribution in [3.05, 3.63) is 16.3 Å². The summed E-state index contributed by atoms with van der Waals surface area (Å²) in [5.74, 6) is 2.35. The summed E-state index contributed by atoms with van der Waals surface area (Å²) in [6, 6.07) is 0. The molecule has 6 nitrogen and oxygen atoms in total. The predicted octanol–water partition coefficient (Wildman–Crippen LogP) is 3.53. The Labute approximate surface area is 158 Å². The van der Waals surface area contributed by atoms with Crippen molar-refractivity contribution < 1.29 is 0 Å². The third-order valence-electron chi connectivity index (χ3n) is 5.44. The van der Waals surface area contributed by atoms with Gasteiger partial charge in [0, 0.05) is 18.0 Å². The largest absolute Gasteiger partial charge is 0.353 e. The summed E-state index contributed by atoms with van der Waals surface area (Å²) in [5.41, 5.74) is 2.42. The maximum atomic E-state index is 4.94. The first-order valence-corrected chi connectivity index (χ1v) is 10.6. The van der Waals surface area contributed by atoms with Crippen LogP contribution in [0.1, 0.15) is 43.5 Å². The van der Waals surface area contributed by atoms with Gasteiger partial charge < -0.3 is 10.2 Å². The highest BCUT2D eigenvalue weighted by Gasteiger charge is 2.24. The summed E-state index contributed by atoms with van der Waals surface area (Å²) in [5, 5.41) is 9.34. The summed E-state index contributed by atoms with van der Waals surface area (Å²) in [4.78, 5) is 14.7. The molecule has 0 spiro atoms. The fraction of sp³-hybridized carbons (Fsp3) is 0.632. The van der Waals surface area contributed by atoms with Crippen LogP contribution >= 0.6 is 11.3 Å². The molecule has 1 aliphatic rings. The topological polar surface area (TPSA) is 58.3 Å². The number of hydrogen-bond donors (Lipinski definition) is 1. The van der Waals surface area contributed by atoms with Crippen LogP contribution in [0.25, 0.3) is 15.9 Å². The van der Waals surface area contributed by atoms with Gasteiger partial charge in [0.05, 0.1) is 5.39 Å². The number of likely N-dealkylation sites (N-methyl/N-ethyl adjacent to an activating group) is 1. The summed E-state index contributed by atoms with van der Waals surface area (Å²) in [7, 11) is 0. The molecule has 3 heterocycles. The smallest absolute Gasteiger partial charge is 0.227 e. The van der Waals surface area contributed by atoms with E-state index in [1.807, 2.05) is 22.8 Å². The molecule has 0 radical (unpaired) electrons. The summed E-state index contributed by atoms with van der Waals surface area (Å²) in [6.07, 6.45) is 3.58. The van der Waals surface area contributed by atoms with Crippen LogP contribution in [-0.2, 0) is 12.8 Å². The molecule has 4 rings (SSSR count). The van der Waals surface area contributed by atoms with E-state index in [0.717, 1.165) is 60.8 Å². The van der Waals surface area contributed by atoms with Crippen LogP contribution in [-0.4, -0.2) is 50.7 Å². The molecule has 0 saturated carbocycles. The van der Waals surface area contributed by atoms with Gasteiger partial charge in [0.1, 0.15) is 10.7 Å². The molecule has 0 fully saturated rings. The Bertz CT molecular complexity index is 923. The Morgan fingerprint density at radius 1 is 1.27 bits per heavy atom. The second-order valence-corrected chi connectivity index (χ2v) is 8.40. The van der Waals surface area contributed by atoms with E-state index >= 15 is 0 Å². The molecule has 1 atom stereocenters. The number of aromatic nitrogens is 4. The van der Waals surface area contributed by atoms with Crippen molar-refractivity contribution in [1.29, 1.82) is 0 Å². The molecule has 0 amide bonds. The third-order valence-corrected chi connectivity index (χ3v) is 6.62.